The van der Waals surface area contributed by atoms with Gasteiger partial charge in [0.15, 0.2) is 0 Å². The quantitative estimate of drug-likeness (QED) is 0.357. The van der Waals surface area contributed by atoms with Crippen LogP contribution in [-0.2, 0) is 14.6 Å². The maximum Gasteiger partial charge on any atom is 0.342 e. The zero-order valence-corrected chi connectivity index (χ0v) is 14.7. The number of hydrogen-bond donors (Lipinski definition) is 0. The van der Waals surface area contributed by atoms with Gasteiger partial charge in [0.25, 0.3) is 0 Å². The smallest absolute Gasteiger partial charge is 0.298 e. The molecule has 0 aromatic rings. The van der Waals surface area contributed by atoms with Crippen LogP contribution in [-0.4, -0.2) is 11.6 Å². The average molecular weight is 298 g/mol. The highest BCUT2D eigenvalue weighted by Gasteiger charge is 2.33. The van der Waals surface area contributed by atoms with E-state index in [4.69, 9.17) is 9.78 Å². The van der Waals surface area contributed by atoms with Crippen molar-refractivity contribution in [1.29, 1.82) is 0 Å². The molecule has 0 aromatic carbocycles. The maximum absolute atomic E-state index is 11.7. The number of carbonyl (C=O) groups excluding carboxylic acids is 1. The summed E-state index contributed by atoms with van der Waals surface area (Å²) in [5.74, 6) is 0.271. The van der Waals surface area contributed by atoms with Crippen LogP contribution in [0.1, 0.15) is 92.4 Å². The van der Waals surface area contributed by atoms with Gasteiger partial charge in [0.05, 0.1) is 0 Å². The van der Waals surface area contributed by atoms with Gasteiger partial charge < -0.3 is 0 Å². The highest BCUT2D eigenvalue weighted by atomic mass is 17.2. The summed E-state index contributed by atoms with van der Waals surface area (Å²) >= 11 is 0. The molecule has 0 aliphatic heterocycles. The van der Waals surface area contributed by atoms with Crippen molar-refractivity contribution in [2.24, 2.45) is 11.3 Å². The molecule has 0 radical (unpaired) electrons. The van der Waals surface area contributed by atoms with Gasteiger partial charge in [0.2, 0.25) is 0 Å². The molecule has 0 amide bonds. The van der Waals surface area contributed by atoms with E-state index in [2.05, 4.69) is 20.8 Å². The van der Waals surface area contributed by atoms with Gasteiger partial charge in [0, 0.05) is 6.42 Å². The van der Waals surface area contributed by atoms with Gasteiger partial charge in [-0.25, -0.2) is 4.79 Å². The van der Waals surface area contributed by atoms with Crippen molar-refractivity contribution in [3.63, 3.8) is 0 Å². The second kappa shape index (κ2) is 8.17. The van der Waals surface area contributed by atoms with Crippen molar-refractivity contribution in [3.8, 4) is 0 Å². The Morgan fingerprint density at radius 1 is 1.00 bits per heavy atom. The van der Waals surface area contributed by atoms with E-state index in [9.17, 15) is 4.79 Å². The molecule has 1 aliphatic carbocycles. The molecular formula is C18H34O3. The summed E-state index contributed by atoms with van der Waals surface area (Å²) in [6, 6.07) is 0. The van der Waals surface area contributed by atoms with Crippen molar-refractivity contribution < 1.29 is 14.6 Å². The molecule has 1 fully saturated rings. The lowest BCUT2D eigenvalue weighted by atomic mass is 9.79. The molecule has 1 aliphatic rings. The minimum absolute atomic E-state index is 0.229. The monoisotopic (exact) mass is 298 g/mol. The highest BCUT2D eigenvalue weighted by Crippen LogP contribution is 2.34. The Labute approximate surface area is 130 Å². The summed E-state index contributed by atoms with van der Waals surface area (Å²) in [7, 11) is 0. The fourth-order valence-corrected chi connectivity index (χ4v) is 2.99. The van der Waals surface area contributed by atoms with E-state index in [-0.39, 0.29) is 11.6 Å². The molecular weight excluding hydrogens is 264 g/mol. The Kier molecular flexibility index (Phi) is 7.19. The highest BCUT2D eigenvalue weighted by molar-refractivity contribution is 5.68. The number of hydrogen-bond acceptors (Lipinski definition) is 3. The molecule has 3 heteroatoms. The lowest BCUT2D eigenvalue weighted by molar-refractivity contribution is -0.338. The first-order valence-electron chi connectivity index (χ1n) is 8.59. The van der Waals surface area contributed by atoms with E-state index in [0.29, 0.717) is 17.8 Å². The SMILES string of the molecule is CC(C)(C)CCCCC(=O)OOC(C)(C)C1CCCCC1. The first-order chi connectivity index (χ1) is 9.71. The summed E-state index contributed by atoms with van der Waals surface area (Å²) in [5.41, 5.74) is -0.0229. The van der Waals surface area contributed by atoms with Gasteiger partial charge >= 0.3 is 5.97 Å². The van der Waals surface area contributed by atoms with Crippen molar-refractivity contribution in [1.82, 2.24) is 0 Å². The summed E-state index contributed by atoms with van der Waals surface area (Å²) in [5, 5.41) is 0. The molecule has 0 aromatic heterocycles. The lowest BCUT2D eigenvalue weighted by Gasteiger charge is -2.34. The third kappa shape index (κ3) is 7.85. The van der Waals surface area contributed by atoms with E-state index in [1.54, 1.807) is 0 Å². The van der Waals surface area contributed by atoms with Crippen LogP contribution in [0.4, 0.5) is 0 Å². The Morgan fingerprint density at radius 2 is 1.62 bits per heavy atom. The number of carbonyl (C=O) groups is 1. The van der Waals surface area contributed by atoms with Crippen LogP contribution in [0.15, 0.2) is 0 Å². The normalized spacial score (nSPS) is 17.8. The Morgan fingerprint density at radius 3 is 2.19 bits per heavy atom. The van der Waals surface area contributed by atoms with Crippen LogP contribution in [0.25, 0.3) is 0 Å². The molecule has 0 bridgehead atoms. The van der Waals surface area contributed by atoms with Crippen LogP contribution in [0, 0.1) is 11.3 Å². The molecule has 124 valence electrons. The molecule has 0 unspecified atom stereocenters. The summed E-state index contributed by atoms with van der Waals surface area (Å²) < 4.78 is 0. The van der Waals surface area contributed by atoms with E-state index in [0.717, 1.165) is 19.3 Å². The van der Waals surface area contributed by atoms with E-state index in [1.807, 2.05) is 13.8 Å². The van der Waals surface area contributed by atoms with Gasteiger partial charge in [0.1, 0.15) is 5.60 Å². The molecule has 3 nitrogen and oxygen atoms in total. The molecule has 0 heterocycles. The molecule has 1 saturated carbocycles. The third-order valence-electron chi connectivity index (χ3n) is 4.50. The predicted octanol–water partition coefficient (Wildman–Crippen LogP) is 5.43. The van der Waals surface area contributed by atoms with Crippen LogP contribution in [0.2, 0.25) is 0 Å². The Hall–Kier alpha value is -0.570. The summed E-state index contributed by atoms with van der Waals surface area (Å²) in [6.45, 7) is 10.7. The number of unbranched alkanes of at least 4 members (excludes halogenated alkanes) is 1. The van der Waals surface area contributed by atoms with Crippen molar-refractivity contribution in [3.05, 3.63) is 0 Å². The van der Waals surface area contributed by atoms with Crippen LogP contribution >= 0.6 is 0 Å². The molecule has 21 heavy (non-hydrogen) atoms. The van der Waals surface area contributed by atoms with Gasteiger partial charge in [-0.15, -0.1) is 0 Å². The van der Waals surface area contributed by atoms with Gasteiger partial charge in [-0.3, -0.25) is 4.89 Å². The molecule has 0 N–H and O–H groups in total. The van der Waals surface area contributed by atoms with Gasteiger partial charge in [-0.1, -0.05) is 46.5 Å². The average Bonchev–Trinajstić information content (AvgIpc) is 2.41. The molecule has 0 saturated heterocycles. The molecule has 0 spiro atoms. The molecule has 0 atom stereocenters. The first kappa shape index (κ1) is 18.5. The van der Waals surface area contributed by atoms with Gasteiger partial charge in [-0.05, 0) is 50.9 Å². The molecule has 1 rings (SSSR count). The van der Waals surface area contributed by atoms with Crippen LogP contribution in [0.3, 0.4) is 0 Å². The standard InChI is InChI=1S/C18H34O3/c1-17(2,3)14-10-9-13-16(19)20-21-18(4,5)15-11-7-6-8-12-15/h15H,6-14H2,1-5H3. The van der Waals surface area contributed by atoms with Crippen molar-refractivity contribution in [2.75, 3.05) is 0 Å². The van der Waals surface area contributed by atoms with Crippen molar-refractivity contribution >= 4 is 5.97 Å². The number of rotatable bonds is 7. The topological polar surface area (TPSA) is 35.5 Å². The third-order valence-corrected chi connectivity index (χ3v) is 4.50. The second-order valence-corrected chi connectivity index (χ2v) is 8.24. The summed E-state index contributed by atoms with van der Waals surface area (Å²) in [6.07, 6.45) is 9.72. The summed E-state index contributed by atoms with van der Waals surface area (Å²) in [4.78, 5) is 22.3. The maximum atomic E-state index is 11.7. The van der Waals surface area contributed by atoms with Crippen LogP contribution in [0.5, 0.6) is 0 Å². The zero-order chi connectivity index (χ0) is 15.9. The largest absolute Gasteiger partial charge is 0.342 e. The zero-order valence-electron chi connectivity index (χ0n) is 14.7. The Bertz CT molecular complexity index is 309. The van der Waals surface area contributed by atoms with E-state index >= 15 is 0 Å². The second-order valence-electron chi connectivity index (χ2n) is 8.24. The van der Waals surface area contributed by atoms with E-state index in [1.165, 1.54) is 32.1 Å². The lowest BCUT2D eigenvalue weighted by Crippen LogP contribution is -2.36. The Balaban J connectivity index is 2.19. The van der Waals surface area contributed by atoms with Gasteiger partial charge in [-0.2, -0.15) is 4.89 Å². The predicted molar refractivity (Wildman–Crippen MR) is 85.8 cm³/mol. The fraction of sp³-hybridized carbons (Fsp3) is 0.944. The minimum atomic E-state index is -0.360. The minimum Gasteiger partial charge on any atom is -0.298 e. The van der Waals surface area contributed by atoms with Crippen molar-refractivity contribution in [2.45, 2.75) is 98.0 Å². The van der Waals surface area contributed by atoms with E-state index < -0.39 is 0 Å². The first-order valence-corrected chi connectivity index (χ1v) is 8.59. The van der Waals surface area contributed by atoms with Crippen LogP contribution < -0.4 is 0 Å². The fourth-order valence-electron chi connectivity index (χ4n) is 2.99.